The molecular weight excluding hydrogens is 304 g/mol. The van der Waals surface area contributed by atoms with E-state index in [-0.39, 0.29) is 23.9 Å². The number of rotatable bonds is 2. The lowest BCUT2D eigenvalue weighted by Crippen LogP contribution is -2.77. The Morgan fingerprint density at radius 1 is 1.42 bits per heavy atom. The summed E-state index contributed by atoms with van der Waals surface area (Å²) in [6.45, 7) is 5.55. The van der Waals surface area contributed by atoms with Gasteiger partial charge in [-0.1, -0.05) is 12.1 Å². The fraction of sp³-hybridized carbons (Fsp3) is 0.579. The van der Waals surface area contributed by atoms with E-state index in [1.165, 1.54) is 5.56 Å². The van der Waals surface area contributed by atoms with E-state index >= 15 is 0 Å². The zero-order valence-corrected chi connectivity index (χ0v) is 13.7. The minimum absolute atomic E-state index is 0.0471. The first-order valence-electron chi connectivity index (χ1n) is 8.88. The van der Waals surface area contributed by atoms with Crippen molar-refractivity contribution in [3.8, 4) is 11.5 Å². The summed E-state index contributed by atoms with van der Waals surface area (Å²) in [5.74, 6) is 0.725. The Kier molecular flexibility index (Phi) is 2.79. The predicted molar refractivity (Wildman–Crippen MR) is 90.2 cm³/mol. The smallest absolute Gasteiger partial charge is 0.165 e. The van der Waals surface area contributed by atoms with Crippen molar-refractivity contribution in [2.75, 3.05) is 13.1 Å². The number of likely N-dealkylation sites (tertiary alicyclic amines) is 1. The topological polar surface area (TPSA) is 79.0 Å². The van der Waals surface area contributed by atoms with Crippen LogP contribution >= 0.6 is 0 Å². The zero-order chi connectivity index (χ0) is 16.7. The van der Waals surface area contributed by atoms with Gasteiger partial charge in [0.1, 0.15) is 6.10 Å². The summed E-state index contributed by atoms with van der Waals surface area (Å²) in [5, 5.41) is 22.3. The van der Waals surface area contributed by atoms with Crippen molar-refractivity contribution in [3.63, 3.8) is 0 Å². The number of nitrogens with zero attached hydrogens (tertiary/aromatic N) is 1. The van der Waals surface area contributed by atoms with Crippen LogP contribution in [0.15, 0.2) is 24.8 Å². The summed E-state index contributed by atoms with van der Waals surface area (Å²) in [6, 6.07) is 3.64. The molecular formula is C19H24N2O3. The normalized spacial score (nSPS) is 42.3. The molecule has 1 aromatic carbocycles. The molecule has 1 aromatic rings. The standard InChI is InChI=1S/C19H24N2O3/c1-2-8-21-9-7-18-15-11-3-4-13(22)16(15)24-17(18)12(20)5-6-19(18,23)14(21)10-11/h2-4,12,14,17,22-23H,1,5-10,20H2/t12-,14-,17?,18+,19-/m1/s1. The van der Waals surface area contributed by atoms with Gasteiger partial charge in [0.25, 0.3) is 0 Å². The second kappa shape index (κ2) is 4.54. The Bertz CT molecular complexity index is 736. The Balaban J connectivity index is 1.78. The SMILES string of the molecule is C=CCN1CC[C@]23c4c5ccc(O)c4OC2[C@H](N)CC[C@@]3(O)[C@H]1C5. The van der Waals surface area contributed by atoms with Gasteiger partial charge in [0.05, 0.1) is 11.0 Å². The molecule has 0 amide bonds. The fourth-order valence-electron chi connectivity index (χ4n) is 6.05. The molecule has 1 unspecified atom stereocenters. The van der Waals surface area contributed by atoms with Crippen LogP contribution in [0.25, 0.3) is 0 Å². The molecule has 2 heterocycles. The second-order valence-corrected chi connectivity index (χ2v) is 7.84. The molecule has 5 heteroatoms. The molecule has 1 saturated carbocycles. The molecule has 24 heavy (non-hydrogen) atoms. The molecule has 0 radical (unpaired) electrons. The first-order valence-corrected chi connectivity index (χ1v) is 8.88. The zero-order valence-electron chi connectivity index (χ0n) is 13.7. The van der Waals surface area contributed by atoms with Crippen LogP contribution in [-0.4, -0.2) is 52.0 Å². The van der Waals surface area contributed by atoms with Gasteiger partial charge in [-0.15, -0.1) is 6.58 Å². The van der Waals surface area contributed by atoms with Crippen molar-refractivity contribution in [1.82, 2.24) is 4.90 Å². The van der Waals surface area contributed by atoms with Crippen LogP contribution in [0.5, 0.6) is 11.5 Å². The highest BCUT2D eigenvalue weighted by molar-refractivity contribution is 5.62. The molecule has 4 aliphatic rings. The maximum atomic E-state index is 11.9. The van der Waals surface area contributed by atoms with Gasteiger partial charge in [-0.25, -0.2) is 0 Å². The molecule has 1 saturated heterocycles. The lowest BCUT2D eigenvalue weighted by molar-refractivity contribution is -0.186. The second-order valence-electron chi connectivity index (χ2n) is 7.84. The highest BCUT2D eigenvalue weighted by Crippen LogP contribution is 2.65. The van der Waals surface area contributed by atoms with E-state index in [4.69, 9.17) is 10.5 Å². The quantitative estimate of drug-likeness (QED) is 0.708. The van der Waals surface area contributed by atoms with Crippen molar-refractivity contribution < 1.29 is 14.9 Å². The number of aliphatic hydroxyl groups is 1. The number of nitrogens with two attached hydrogens (primary N) is 1. The molecule has 5 rings (SSSR count). The van der Waals surface area contributed by atoms with Gasteiger partial charge < -0.3 is 20.7 Å². The summed E-state index contributed by atoms with van der Waals surface area (Å²) in [6.07, 6.45) is 4.66. The highest BCUT2D eigenvalue weighted by Gasteiger charge is 2.72. The Labute approximate surface area is 141 Å². The van der Waals surface area contributed by atoms with Gasteiger partial charge in [-0.05, 0) is 43.9 Å². The monoisotopic (exact) mass is 328 g/mol. The molecule has 0 aromatic heterocycles. The van der Waals surface area contributed by atoms with E-state index in [2.05, 4.69) is 11.5 Å². The van der Waals surface area contributed by atoms with Crippen LogP contribution < -0.4 is 10.5 Å². The van der Waals surface area contributed by atoms with Gasteiger partial charge in [-0.3, -0.25) is 4.90 Å². The van der Waals surface area contributed by atoms with Crippen LogP contribution in [0.3, 0.4) is 0 Å². The lowest BCUT2D eigenvalue weighted by Gasteiger charge is -2.63. The summed E-state index contributed by atoms with van der Waals surface area (Å²) < 4.78 is 6.21. The van der Waals surface area contributed by atoms with E-state index in [0.29, 0.717) is 12.2 Å². The Hall–Kier alpha value is -1.56. The number of hydrogen-bond donors (Lipinski definition) is 3. The maximum absolute atomic E-state index is 11.9. The number of benzene rings is 1. The fourth-order valence-corrected chi connectivity index (χ4v) is 6.05. The summed E-state index contributed by atoms with van der Waals surface area (Å²) in [7, 11) is 0. The van der Waals surface area contributed by atoms with Crippen molar-refractivity contribution in [2.24, 2.45) is 5.73 Å². The van der Waals surface area contributed by atoms with Crippen LogP contribution in [0.4, 0.5) is 0 Å². The number of hydrogen-bond acceptors (Lipinski definition) is 5. The molecule has 4 N–H and O–H groups in total. The van der Waals surface area contributed by atoms with E-state index in [9.17, 15) is 10.2 Å². The molecule has 128 valence electrons. The maximum Gasteiger partial charge on any atom is 0.165 e. The number of piperidine rings is 1. The van der Waals surface area contributed by atoms with E-state index < -0.39 is 11.0 Å². The Morgan fingerprint density at radius 3 is 3.04 bits per heavy atom. The molecule has 2 aliphatic carbocycles. The van der Waals surface area contributed by atoms with Crippen LogP contribution in [-0.2, 0) is 11.8 Å². The third-order valence-corrected chi connectivity index (χ3v) is 6.98. The lowest BCUT2D eigenvalue weighted by atomic mass is 9.48. The third-order valence-electron chi connectivity index (χ3n) is 6.98. The van der Waals surface area contributed by atoms with E-state index in [1.807, 2.05) is 12.1 Å². The Morgan fingerprint density at radius 2 is 2.25 bits per heavy atom. The predicted octanol–water partition coefficient (Wildman–Crippen LogP) is 1.06. The number of phenols is 1. The van der Waals surface area contributed by atoms with Crippen molar-refractivity contribution in [1.29, 1.82) is 0 Å². The number of phenolic OH excluding ortho intramolecular Hbond substituents is 1. The molecule has 2 aliphatic heterocycles. The number of ether oxygens (including phenoxy) is 1. The summed E-state index contributed by atoms with van der Waals surface area (Å²) >= 11 is 0. The van der Waals surface area contributed by atoms with Gasteiger partial charge in [0, 0.05) is 24.2 Å². The summed E-state index contributed by atoms with van der Waals surface area (Å²) in [5.41, 5.74) is 7.28. The molecule has 5 atom stereocenters. The summed E-state index contributed by atoms with van der Waals surface area (Å²) in [4.78, 5) is 2.35. The molecule has 2 fully saturated rings. The minimum atomic E-state index is -0.860. The van der Waals surface area contributed by atoms with Gasteiger partial charge in [0.2, 0.25) is 0 Å². The molecule has 1 spiro atoms. The average Bonchev–Trinajstić information content (AvgIpc) is 2.91. The minimum Gasteiger partial charge on any atom is -0.504 e. The van der Waals surface area contributed by atoms with Crippen molar-refractivity contribution >= 4 is 0 Å². The largest absolute Gasteiger partial charge is 0.504 e. The van der Waals surface area contributed by atoms with E-state index in [0.717, 1.165) is 37.9 Å². The third kappa shape index (κ3) is 1.43. The van der Waals surface area contributed by atoms with Crippen molar-refractivity contribution in [2.45, 2.75) is 54.9 Å². The van der Waals surface area contributed by atoms with Crippen molar-refractivity contribution in [3.05, 3.63) is 35.9 Å². The molecule has 5 nitrogen and oxygen atoms in total. The average molecular weight is 328 g/mol. The first-order chi connectivity index (χ1) is 11.5. The van der Waals surface area contributed by atoms with Gasteiger partial charge in [0.15, 0.2) is 11.5 Å². The van der Waals surface area contributed by atoms with Crippen LogP contribution in [0.2, 0.25) is 0 Å². The number of aromatic hydroxyl groups is 1. The van der Waals surface area contributed by atoms with Gasteiger partial charge in [-0.2, -0.15) is 0 Å². The highest BCUT2D eigenvalue weighted by atomic mass is 16.5. The van der Waals surface area contributed by atoms with Gasteiger partial charge >= 0.3 is 0 Å². The van der Waals surface area contributed by atoms with Crippen LogP contribution in [0, 0.1) is 0 Å². The molecule has 2 bridgehead atoms. The van der Waals surface area contributed by atoms with E-state index in [1.54, 1.807) is 6.07 Å². The first kappa shape index (κ1) is 14.8. The van der Waals surface area contributed by atoms with Crippen LogP contribution in [0.1, 0.15) is 30.4 Å².